The van der Waals surface area contributed by atoms with Crippen LogP contribution < -0.4 is 0 Å². The molecule has 2 saturated heterocycles. The molecular weight excluding hydrogens is 295 g/mol. The Labute approximate surface area is 136 Å². The van der Waals surface area contributed by atoms with Crippen LogP contribution in [0, 0.1) is 11.7 Å². The van der Waals surface area contributed by atoms with Gasteiger partial charge in [0, 0.05) is 32.1 Å². The largest absolute Gasteiger partial charge is 0.342 e. The lowest BCUT2D eigenvalue weighted by Gasteiger charge is -2.33. The summed E-state index contributed by atoms with van der Waals surface area (Å²) in [5.41, 5.74) is 0.438. The van der Waals surface area contributed by atoms with Crippen molar-refractivity contribution in [2.24, 2.45) is 5.92 Å². The molecule has 124 valence electrons. The SMILES string of the molecule is O=C(Cc1ccccc1F)N1CCC(C(=O)N2CCCC2)CC1. The van der Waals surface area contributed by atoms with Crippen LogP contribution in [-0.4, -0.2) is 47.8 Å². The molecule has 0 unspecified atom stereocenters. The number of piperidine rings is 1. The summed E-state index contributed by atoms with van der Waals surface area (Å²) in [6.45, 7) is 2.95. The van der Waals surface area contributed by atoms with Crippen LogP contribution in [0.25, 0.3) is 0 Å². The molecule has 0 saturated carbocycles. The van der Waals surface area contributed by atoms with Crippen molar-refractivity contribution < 1.29 is 14.0 Å². The summed E-state index contributed by atoms with van der Waals surface area (Å²) in [6.07, 6.45) is 3.74. The minimum atomic E-state index is -0.333. The van der Waals surface area contributed by atoms with E-state index in [1.165, 1.54) is 6.07 Å². The highest BCUT2D eigenvalue weighted by atomic mass is 19.1. The minimum absolute atomic E-state index is 0.0469. The first-order valence-electron chi connectivity index (χ1n) is 8.45. The average Bonchev–Trinajstić information content (AvgIpc) is 3.11. The number of rotatable bonds is 3. The predicted molar refractivity (Wildman–Crippen MR) is 85.2 cm³/mol. The molecule has 0 spiro atoms. The highest BCUT2D eigenvalue weighted by Crippen LogP contribution is 2.22. The molecule has 0 aliphatic carbocycles. The summed E-state index contributed by atoms with van der Waals surface area (Å²) >= 11 is 0. The van der Waals surface area contributed by atoms with Gasteiger partial charge in [-0.15, -0.1) is 0 Å². The fraction of sp³-hybridized carbons (Fsp3) is 0.556. The molecule has 2 aliphatic rings. The smallest absolute Gasteiger partial charge is 0.227 e. The van der Waals surface area contributed by atoms with Gasteiger partial charge in [-0.1, -0.05) is 18.2 Å². The predicted octanol–water partition coefficient (Wildman–Crippen LogP) is 2.23. The molecule has 2 heterocycles. The van der Waals surface area contributed by atoms with E-state index >= 15 is 0 Å². The molecule has 0 radical (unpaired) electrons. The number of halogens is 1. The number of hydrogen-bond acceptors (Lipinski definition) is 2. The molecule has 0 bridgehead atoms. The Morgan fingerprint density at radius 1 is 1.00 bits per heavy atom. The Morgan fingerprint density at radius 3 is 2.30 bits per heavy atom. The zero-order valence-corrected chi connectivity index (χ0v) is 13.3. The van der Waals surface area contributed by atoms with Gasteiger partial charge in [0.2, 0.25) is 11.8 Å². The molecule has 3 rings (SSSR count). The molecule has 23 heavy (non-hydrogen) atoms. The molecule has 5 heteroatoms. The van der Waals surface area contributed by atoms with E-state index in [4.69, 9.17) is 0 Å². The summed E-state index contributed by atoms with van der Waals surface area (Å²) in [7, 11) is 0. The third-order valence-corrected chi connectivity index (χ3v) is 4.91. The van der Waals surface area contributed by atoms with E-state index in [0.717, 1.165) is 38.8 Å². The van der Waals surface area contributed by atoms with Gasteiger partial charge < -0.3 is 9.80 Å². The van der Waals surface area contributed by atoms with Crippen LogP contribution in [0.15, 0.2) is 24.3 Å². The fourth-order valence-electron chi connectivity index (χ4n) is 3.49. The maximum Gasteiger partial charge on any atom is 0.227 e. The number of amides is 2. The van der Waals surface area contributed by atoms with Gasteiger partial charge in [0.15, 0.2) is 0 Å². The number of carbonyl (C=O) groups excluding carboxylic acids is 2. The van der Waals surface area contributed by atoms with Gasteiger partial charge in [-0.05, 0) is 37.3 Å². The van der Waals surface area contributed by atoms with Gasteiger partial charge in [0.1, 0.15) is 5.82 Å². The van der Waals surface area contributed by atoms with E-state index in [0.29, 0.717) is 18.7 Å². The highest BCUT2D eigenvalue weighted by molar-refractivity contribution is 5.81. The van der Waals surface area contributed by atoms with Crippen LogP contribution in [0.2, 0.25) is 0 Å². The van der Waals surface area contributed by atoms with E-state index in [2.05, 4.69) is 0 Å². The van der Waals surface area contributed by atoms with Crippen molar-refractivity contribution in [1.29, 1.82) is 0 Å². The highest BCUT2D eigenvalue weighted by Gasteiger charge is 2.31. The van der Waals surface area contributed by atoms with E-state index in [-0.39, 0.29) is 30.0 Å². The van der Waals surface area contributed by atoms with Crippen LogP contribution >= 0.6 is 0 Å². The lowest BCUT2D eigenvalue weighted by atomic mass is 9.95. The van der Waals surface area contributed by atoms with E-state index in [1.54, 1.807) is 23.1 Å². The summed E-state index contributed by atoms with van der Waals surface area (Å²) in [5, 5.41) is 0. The molecule has 1 aromatic carbocycles. The third-order valence-electron chi connectivity index (χ3n) is 4.91. The van der Waals surface area contributed by atoms with Crippen molar-refractivity contribution in [1.82, 2.24) is 9.80 Å². The summed E-state index contributed by atoms with van der Waals surface area (Å²) in [6, 6.07) is 6.39. The van der Waals surface area contributed by atoms with Gasteiger partial charge in [-0.25, -0.2) is 4.39 Å². The van der Waals surface area contributed by atoms with Gasteiger partial charge in [0.05, 0.1) is 6.42 Å². The van der Waals surface area contributed by atoms with Crippen molar-refractivity contribution in [3.63, 3.8) is 0 Å². The van der Waals surface area contributed by atoms with Crippen molar-refractivity contribution >= 4 is 11.8 Å². The van der Waals surface area contributed by atoms with E-state index < -0.39 is 0 Å². The number of nitrogens with zero attached hydrogens (tertiary/aromatic N) is 2. The first kappa shape index (κ1) is 16.0. The summed E-state index contributed by atoms with van der Waals surface area (Å²) in [4.78, 5) is 28.4. The Morgan fingerprint density at radius 2 is 1.65 bits per heavy atom. The van der Waals surface area contributed by atoms with E-state index in [9.17, 15) is 14.0 Å². The number of hydrogen-bond donors (Lipinski definition) is 0. The minimum Gasteiger partial charge on any atom is -0.342 e. The van der Waals surface area contributed by atoms with Crippen molar-refractivity contribution in [2.45, 2.75) is 32.1 Å². The number of likely N-dealkylation sites (tertiary alicyclic amines) is 2. The fourth-order valence-corrected chi connectivity index (χ4v) is 3.49. The lowest BCUT2D eigenvalue weighted by Crippen LogP contribution is -2.44. The Bertz CT molecular complexity index is 576. The van der Waals surface area contributed by atoms with Gasteiger partial charge in [-0.2, -0.15) is 0 Å². The summed E-state index contributed by atoms with van der Waals surface area (Å²) in [5.74, 6) is -0.0866. The number of carbonyl (C=O) groups is 2. The van der Waals surface area contributed by atoms with Crippen molar-refractivity contribution in [3.05, 3.63) is 35.6 Å². The number of benzene rings is 1. The first-order chi connectivity index (χ1) is 11.1. The third kappa shape index (κ3) is 3.71. The molecule has 2 amide bonds. The molecule has 1 aromatic rings. The second-order valence-electron chi connectivity index (χ2n) is 6.46. The Balaban J connectivity index is 1.51. The molecular formula is C18H23FN2O2. The zero-order valence-electron chi connectivity index (χ0n) is 13.3. The zero-order chi connectivity index (χ0) is 16.2. The van der Waals surface area contributed by atoms with Gasteiger partial charge in [0.25, 0.3) is 0 Å². The first-order valence-corrected chi connectivity index (χ1v) is 8.45. The second kappa shape index (κ2) is 7.11. The monoisotopic (exact) mass is 318 g/mol. The Hall–Kier alpha value is -1.91. The maximum absolute atomic E-state index is 13.6. The normalized spacial score (nSPS) is 19.2. The van der Waals surface area contributed by atoms with Crippen molar-refractivity contribution in [2.75, 3.05) is 26.2 Å². The molecule has 0 aromatic heterocycles. The van der Waals surface area contributed by atoms with Crippen LogP contribution in [-0.2, 0) is 16.0 Å². The van der Waals surface area contributed by atoms with Gasteiger partial charge in [-0.3, -0.25) is 9.59 Å². The molecule has 2 fully saturated rings. The van der Waals surface area contributed by atoms with Crippen LogP contribution in [0.5, 0.6) is 0 Å². The Kier molecular flexibility index (Phi) is 4.94. The molecule has 0 N–H and O–H groups in total. The molecule has 0 atom stereocenters. The quantitative estimate of drug-likeness (QED) is 0.857. The average molecular weight is 318 g/mol. The van der Waals surface area contributed by atoms with Crippen molar-refractivity contribution in [3.8, 4) is 0 Å². The lowest BCUT2D eigenvalue weighted by molar-refractivity contribution is -0.139. The topological polar surface area (TPSA) is 40.6 Å². The molecule has 2 aliphatic heterocycles. The van der Waals surface area contributed by atoms with Crippen LogP contribution in [0.3, 0.4) is 0 Å². The van der Waals surface area contributed by atoms with E-state index in [1.807, 2.05) is 4.90 Å². The van der Waals surface area contributed by atoms with Crippen LogP contribution in [0.4, 0.5) is 4.39 Å². The second-order valence-corrected chi connectivity index (χ2v) is 6.46. The molecule has 4 nitrogen and oxygen atoms in total. The maximum atomic E-state index is 13.6. The summed E-state index contributed by atoms with van der Waals surface area (Å²) < 4.78 is 13.6. The van der Waals surface area contributed by atoms with Gasteiger partial charge >= 0.3 is 0 Å². The van der Waals surface area contributed by atoms with Crippen LogP contribution in [0.1, 0.15) is 31.2 Å². The standard InChI is InChI=1S/C18H23FN2O2/c19-16-6-2-1-5-15(16)13-17(22)20-11-7-14(8-12-20)18(23)21-9-3-4-10-21/h1-2,5-6,14H,3-4,7-13H2.